The highest BCUT2D eigenvalue weighted by Gasteiger charge is 2.13. The van der Waals surface area contributed by atoms with Crippen molar-refractivity contribution in [2.45, 2.75) is 0 Å². The molecule has 0 aliphatic carbocycles. The van der Waals surface area contributed by atoms with Crippen molar-refractivity contribution in [2.24, 2.45) is 5.73 Å². The molecule has 0 atom stereocenters. The molecular weight excluding hydrogens is 217 g/mol. The second kappa shape index (κ2) is 4.87. The Morgan fingerprint density at radius 3 is 2.31 bits per heavy atom. The van der Waals surface area contributed by atoms with E-state index in [4.69, 9.17) is 0 Å². The van der Waals surface area contributed by atoms with Gasteiger partial charge in [-0.3, -0.25) is 25.2 Å². The van der Waals surface area contributed by atoms with Gasteiger partial charge in [0, 0.05) is 0 Å². The van der Waals surface area contributed by atoms with Crippen LogP contribution in [0, 0.1) is 5.82 Å². The number of hydrogen-bond acceptors (Lipinski definition) is 3. The first-order chi connectivity index (χ1) is 7.52. The van der Waals surface area contributed by atoms with Crippen LogP contribution < -0.4 is 16.6 Å². The smallest absolute Gasteiger partial charge is 0.327 e. The number of carbonyl (C=O) groups is 3. The lowest BCUT2D eigenvalue weighted by Crippen LogP contribution is -2.47. The summed E-state index contributed by atoms with van der Waals surface area (Å²) in [5.41, 5.74) is 7.93. The summed E-state index contributed by atoms with van der Waals surface area (Å²) in [5.74, 6) is -4.07. The molecule has 6 nitrogen and oxygen atoms in total. The molecule has 0 radical (unpaired) electrons. The van der Waals surface area contributed by atoms with Gasteiger partial charge in [0.1, 0.15) is 5.82 Å². The van der Waals surface area contributed by atoms with Crippen molar-refractivity contribution in [3.8, 4) is 0 Å². The Hall–Kier alpha value is -2.44. The van der Waals surface area contributed by atoms with E-state index in [0.717, 1.165) is 6.07 Å². The quantitative estimate of drug-likeness (QED) is 0.425. The molecule has 0 saturated carbocycles. The van der Waals surface area contributed by atoms with E-state index >= 15 is 0 Å². The Morgan fingerprint density at radius 1 is 1.12 bits per heavy atom. The van der Waals surface area contributed by atoms with E-state index in [1.165, 1.54) is 18.2 Å². The van der Waals surface area contributed by atoms with Crippen LogP contribution in [0.15, 0.2) is 24.3 Å². The number of halogens is 1. The monoisotopic (exact) mass is 225 g/mol. The maximum Gasteiger partial charge on any atom is 0.327 e. The molecule has 0 aliphatic heterocycles. The summed E-state index contributed by atoms with van der Waals surface area (Å²) in [6.45, 7) is 0. The highest BCUT2D eigenvalue weighted by molar-refractivity contribution is 6.34. The summed E-state index contributed by atoms with van der Waals surface area (Å²) in [6.07, 6.45) is 0. The van der Waals surface area contributed by atoms with Gasteiger partial charge in [0.05, 0.1) is 5.56 Å². The lowest BCUT2D eigenvalue weighted by Gasteiger charge is -2.05. The Bertz CT molecular complexity index is 447. The standard InChI is InChI=1S/C9H8FN3O3/c10-6-4-2-1-3-5(6)8(15)12-13-9(16)7(11)14/h1-4H,(H2,11,14)(H,12,15)(H,13,16). The molecule has 0 heterocycles. The molecule has 0 saturated heterocycles. The molecular formula is C9H8FN3O3. The molecule has 4 N–H and O–H groups in total. The maximum absolute atomic E-state index is 13.1. The Kier molecular flexibility index (Phi) is 3.54. The fraction of sp³-hybridized carbons (Fsp3) is 0. The first kappa shape index (κ1) is 11.6. The lowest BCUT2D eigenvalue weighted by atomic mass is 10.2. The fourth-order valence-electron chi connectivity index (χ4n) is 0.888. The zero-order chi connectivity index (χ0) is 12.1. The topological polar surface area (TPSA) is 101 Å². The van der Waals surface area contributed by atoms with E-state index < -0.39 is 23.5 Å². The van der Waals surface area contributed by atoms with E-state index in [-0.39, 0.29) is 5.56 Å². The Labute approximate surface area is 89.6 Å². The summed E-state index contributed by atoms with van der Waals surface area (Å²) in [5, 5.41) is 0. The van der Waals surface area contributed by atoms with Crippen molar-refractivity contribution >= 4 is 17.7 Å². The predicted molar refractivity (Wildman–Crippen MR) is 51.2 cm³/mol. The number of primary amides is 1. The number of benzene rings is 1. The van der Waals surface area contributed by atoms with Crippen LogP contribution in [0.5, 0.6) is 0 Å². The second-order valence-corrected chi connectivity index (χ2v) is 2.75. The molecule has 0 aliphatic rings. The highest BCUT2D eigenvalue weighted by atomic mass is 19.1. The highest BCUT2D eigenvalue weighted by Crippen LogP contribution is 2.04. The van der Waals surface area contributed by atoms with Crippen LogP contribution in [0.25, 0.3) is 0 Å². The van der Waals surface area contributed by atoms with Crippen molar-refractivity contribution in [2.75, 3.05) is 0 Å². The van der Waals surface area contributed by atoms with E-state index in [2.05, 4.69) is 5.73 Å². The van der Waals surface area contributed by atoms with Gasteiger partial charge < -0.3 is 5.73 Å². The van der Waals surface area contributed by atoms with E-state index in [1.54, 1.807) is 5.43 Å². The third-order valence-electron chi connectivity index (χ3n) is 1.63. The van der Waals surface area contributed by atoms with E-state index in [0.29, 0.717) is 0 Å². The number of nitrogens with two attached hydrogens (primary N) is 1. The summed E-state index contributed by atoms with van der Waals surface area (Å²) in [4.78, 5) is 32.2. The normalized spacial score (nSPS) is 9.31. The number of hydrogen-bond donors (Lipinski definition) is 3. The van der Waals surface area contributed by atoms with Crippen LogP contribution in [0.3, 0.4) is 0 Å². The van der Waals surface area contributed by atoms with Crippen LogP contribution in [-0.2, 0) is 9.59 Å². The number of carbonyl (C=O) groups excluding carboxylic acids is 3. The van der Waals surface area contributed by atoms with Gasteiger partial charge in [-0.2, -0.15) is 0 Å². The van der Waals surface area contributed by atoms with Crippen molar-refractivity contribution in [1.29, 1.82) is 0 Å². The molecule has 1 aromatic rings. The van der Waals surface area contributed by atoms with Gasteiger partial charge in [-0.25, -0.2) is 4.39 Å². The number of hydrazine groups is 1. The molecule has 0 spiro atoms. The van der Waals surface area contributed by atoms with Crippen LogP contribution in [0.4, 0.5) is 4.39 Å². The summed E-state index contributed by atoms with van der Waals surface area (Å²) in [6, 6.07) is 5.17. The van der Waals surface area contributed by atoms with Gasteiger partial charge in [0.25, 0.3) is 5.91 Å². The average Bonchev–Trinajstić information content (AvgIpc) is 2.25. The summed E-state index contributed by atoms with van der Waals surface area (Å²) >= 11 is 0. The zero-order valence-electron chi connectivity index (χ0n) is 7.99. The zero-order valence-corrected chi connectivity index (χ0v) is 7.99. The Balaban J connectivity index is 2.64. The molecule has 0 fully saturated rings. The molecule has 0 aromatic heterocycles. The van der Waals surface area contributed by atoms with Crippen molar-refractivity contribution in [3.63, 3.8) is 0 Å². The minimum atomic E-state index is -1.26. The average molecular weight is 225 g/mol. The minimum absolute atomic E-state index is 0.257. The van der Waals surface area contributed by atoms with Crippen molar-refractivity contribution < 1.29 is 18.8 Å². The molecule has 3 amide bonds. The van der Waals surface area contributed by atoms with Gasteiger partial charge in [-0.05, 0) is 12.1 Å². The SMILES string of the molecule is NC(=O)C(=O)NNC(=O)c1ccccc1F. The molecule has 1 rings (SSSR count). The van der Waals surface area contributed by atoms with Gasteiger partial charge in [-0.15, -0.1) is 0 Å². The van der Waals surface area contributed by atoms with E-state index in [9.17, 15) is 18.8 Å². The summed E-state index contributed by atoms with van der Waals surface area (Å²) < 4.78 is 13.1. The van der Waals surface area contributed by atoms with Crippen LogP contribution in [-0.4, -0.2) is 17.7 Å². The fourth-order valence-corrected chi connectivity index (χ4v) is 0.888. The second-order valence-electron chi connectivity index (χ2n) is 2.75. The number of nitrogens with one attached hydrogen (secondary N) is 2. The molecule has 16 heavy (non-hydrogen) atoms. The molecule has 84 valence electrons. The Morgan fingerprint density at radius 2 is 1.75 bits per heavy atom. The lowest BCUT2D eigenvalue weighted by molar-refractivity contribution is -0.137. The third kappa shape index (κ3) is 2.77. The minimum Gasteiger partial charge on any atom is -0.361 e. The molecule has 7 heteroatoms. The van der Waals surface area contributed by atoms with Gasteiger partial charge in [0.15, 0.2) is 0 Å². The predicted octanol–water partition coefficient (Wildman–Crippen LogP) is -0.928. The van der Waals surface area contributed by atoms with Gasteiger partial charge >= 0.3 is 11.8 Å². The molecule has 0 unspecified atom stereocenters. The van der Waals surface area contributed by atoms with Gasteiger partial charge in [-0.1, -0.05) is 12.1 Å². The first-order valence-corrected chi connectivity index (χ1v) is 4.17. The van der Waals surface area contributed by atoms with Gasteiger partial charge in [0.2, 0.25) is 0 Å². The molecule has 1 aromatic carbocycles. The summed E-state index contributed by atoms with van der Waals surface area (Å²) in [7, 11) is 0. The van der Waals surface area contributed by atoms with Crippen molar-refractivity contribution in [1.82, 2.24) is 10.9 Å². The molecule has 0 bridgehead atoms. The van der Waals surface area contributed by atoms with Crippen LogP contribution in [0.1, 0.15) is 10.4 Å². The number of rotatable bonds is 1. The third-order valence-corrected chi connectivity index (χ3v) is 1.63. The van der Waals surface area contributed by atoms with E-state index in [1.807, 2.05) is 5.43 Å². The van der Waals surface area contributed by atoms with Crippen LogP contribution >= 0.6 is 0 Å². The first-order valence-electron chi connectivity index (χ1n) is 4.17. The maximum atomic E-state index is 13.1. The van der Waals surface area contributed by atoms with Crippen molar-refractivity contribution in [3.05, 3.63) is 35.6 Å². The number of amides is 3. The van der Waals surface area contributed by atoms with Crippen LogP contribution in [0.2, 0.25) is 0 Å². The largest absolute Gasteiger partial charge is 0.361 e.